The minimum atomic E-state index is 0.687. The zero-order valence-electron chi connectivity index (χ0n) is 40.1. The van der Waals surface area contributed by atoms with Crippen molar-refractivity contribution < 1.29 is 0 Å². The Morgan fingerprint density at radius 1 is 0.375 bits per heavy atom. The standard InChI is InChI=1S/C30H38Cl2.C30H40S2/c1-3-5-7-9-11-13-15-17-19-25-21-23-28-27(29(25)31)24-22-26(30(28)32)20-18-16-14-12-10-8-6-4-2;1-3-5-7-9-11-13-15-25-21-23-17-19-28-27(29(23)31-25)20-18-24-22-26(32-30(24)28)16-14-12-10-8-6-4-2/h21-24H,3-16H2,1-2H3;17-22H,3-16H2,1-2H3. The summed E-state index contributed by atoms with van der Waals surface area (Å²) in [5, 5.41) is 9.06. The number of halogens is 2. The Balaban J connectivity index is 0.000000241. The lowest BCUT2D eigenvalue weighted by Crippen LogP contribution is -1.86. The summed E-state index contributed by atoms with van der Waals surface area (Å²) in [6, 6.07) is 22.4. The summed E-state index contributed by atoms with van der Waals surface area (Å²) < 4.78 is 2.99. The molecule has 0 radical (unpaired) electrons. The van der Waals surface area contributed by atoms with Gasteiger partial charge in [-0.2, -0.15) is 0 Å². The van der Waals surface area contributed by atoms with Crippen molar-refractivity contribution in [2.45, 2.75) is 207 Å². The van der Waals surface area contributed by atoms with Gasteiger partial charge in [0.15, 0.2) is 0 Å². The second kappa shape index (κ2) is 30.3. The normalized spacial score (nSPS) is 11.2. The number of benzene rings is 4. The number of rotatable bonds is 26. The van der Waals surface area contributed by atoms with E-state index in [0.29, 0.717) is 10.0 Å². The molecule has 0 atom stereocenters. The molecule has 0 fully saturated rings. The Morgan fingerprint density at radius 2 is 0.703 bits per heavy atom. The van der Waals surface area contributed by atoms with E-state index >= 15 is 0 Å². The van der Waals surface area contributed by atoms with Gasteiger partial charge in [0, 0.05) is 64.7 Å². The molecule has 0 saturated heterocycles. The van der Waals surface area contributed by atoms with Crippen molar-refractivity contribution in [3.05, 3.63) is 91.6 Å². The molecule has 6 aromatic rings. The SMILES string of the molecule is CCCCCCCCC#Cc1ccc2c(Cl)c(C#CCCCCCCCC)ccc2c1Cl.CCCCCCCCc1cc2ccc3c(ccc4cc(CCCCCCCC)sc43)c2s1. The third-order valence-corrected chi connectivity index (χ3v) is 15.9. The fourth-order valence-corrected chi connectivity index (χ4v) is 11.7. The molecule has 0 N–H and O–H groups in total. The van der Waals surface area contributed by atoms with E-state index in [1.165, 1.54) is 185 Å². The van der Waals surface area contributed by atoms with Crippen LogP contribution in [-0.4, -0.2) is 0 Å². The molecule has 0 unspecified atom stereocenters. The Labute approximate surface area is 407 Å². The molecule has 0 nitrogen and oxygen atoms in total. The Bertz CT molecular complexity index is 2240. The fraction of sp³-hybridized carbons (Fsp3) is 0.533. The van der Waals surface area contributed by atoms with Crippen LogP contribution in [0.4, 0.5) is 0 Å². The molecule has 0 spiro atoms. The van der Waals surface area contributed by atoms with E-state index in [0.717, 1.165) is 47.6 Å². The van der Waals surface area contributed by atoms with Gasteiger partial charge in [0.25, 0.3) is 0 Å². The molecule has 0 amide bonds. The van der Waals surface area contributed by atoms with Crippen LogP contribution in [0.5, 0.6) is 0 Å². The zero-order valence-corrected chi connectivity index (χ0v) is 43.3. The lowest BCUT2D eigenvalue weighted by atomic mass is 10.0. The average molecular weight is 934 g/mol. The quantitative estimate of drug-likeness (QED) is 0.0376. The first kappa shape index (κ1) is 52.0. The predicted octanol–water partition coefficient (Wildman–Crippen LogP) is 21.4. The second-order valence-electron chi connectivity index (χ2n) is 18.1. The molecule has 0 aliphatic rings. The van der Waals surface area contributed by atoms with Crippen LogP contribution in [0.1, 0.15) is 216 Å². The van der Waals surface area contributed by atoms with Crippen LogP contribution in [0.2, 0.25) is 10.0 Å². The molecule has 6 rings (SSSR count). The number of thiophene rings is 2. The molecule has 4 heteroatoms. The van der Waals surface area contributed by atoms with Crippen molar-refractivity contribution in [2.75, 3.05) is 0 Å². The summed E-state index contributed by atoms with van der Waals surface area (Å²) in [5.74, 6) is 13.1. The Kier molecular flexibility index (Phi) is 24.6. The molecule has 0 aliphatic carbocycles. The third kappa shape index (κ3) is 16.7. The minimum absolute atomic E-state index is 0.687. The number of hydrogen-bond acceptors (Lipinski definition) is 2. The van der Waals surface area contributed by atoms with Gasteiger partial charge in [-0.05, 0) is 73.6 Å². The van der Waals surface area contributed by atoms with Crippen molar-refractivity contribution in [3.63, 3.8) is 0 Å². The topological polar surface area (TPSA) is 0 Å². The molecular formula is C60H78Cl2S2. The van der Waals surface area contributed by atoms with Crippen LogP contribution >= 0.6 is 45.9 Å². The summed E-state index contributed by atoms with van der Waals surface area (Å²) in [4.78, 5) is 3.14. The lowest BCUT2D eigenvalue weighted by Gasteiger charge is -2.07. The van der Waals surface area contributed by atoms with E-state index in [4.69, 9.17) is 23.2 Å². The fourth-order valence-electron chi connectivity index (χ4n) is 8.74. The van der Waals surface area contributed by atoms with Crippen LogP contribution in [0.3, 0.4) is 0 Å². The highest BCUT2D eigenvalue weighted by molar-refractivity contribution is 7.21. The summed E-state index contributed by atoms with van der Waals surface area (Å²) >= 11 is 17.4. The van der Waals surface area contributed by atoms with Gasteiger partial charge in [-0.1, -0.05) is 239 Å². The lowest BCUT2D eigenvalue weighted by molar-refractivity contribution is 0.609. The zero-order chi connectivity index (χ0) is 45.2. The monoisotopic (exact) mass is 932 g/mol. The van der Waals surface area contributed by atoms with E-state index in [1.54, 1.807) is 9.75 Å². The van der Waals surface area contributed by atoms with Crippen LogP contribution < -0.4 is 0 Å². The summed E-state index contributed by atoms with van der Waals surface area (Å²) in [7, 11) is 0. The van der Waals surface area contributed by atoms with Crippen molar-refractivity contribution >= 4 is 87.6 Å². The number of aryl methyl sites for hydroxylation is 2. The maximum atomic E-state index is 6.66. The first-order valence-electron chi connectivity index (χ1n) is 25.7. The largest absolute Gasteiger partial charge is 0.140 e. The first-order valence-corrected chi connectivity index (χ1v) is 28.1. The third-order valence-electron chi connectivity index (χ3n) is 12.6. The number of hydrogen-bond donors (Lipinski definition) is 0. The van der Waals surface area contributed by atoms with Gasteiger partial charge in [-0.25, -0.2) is 0 Å². The smallest absolute Gasteiger partial charge is 0.0641 e. The molecular weight excluding hydrogens is 856 g/mol. The van der Waals surface area contributed by atoms with E-state index in [9.17, 15) is 0 Å². The van der Waals surface area contributed by atoms with E-state index in [-0.39, 0.29) is 0 Å². The van der Waals surface area contributed by atoms with Crippen molar-refractivity contribution in [1.29, 1.82) is 0 Å². The summed E-state index contributed by atoms with van der Waals surface area (Å²) in [6.45, 7) is 9.08. The van der Waals surface area contributed by atoms with Gasteiger partial charge < -0.3 is 0 Å². The van der Waals surface area contributed by atoms with Crippen molar-refractivity contribution in [1.82, 2.24) is 0 Å². The van der Waals surface area contributed by atoms with Crippen molar-refractivity contribution in [3.8, 4) is 23.7 Å². The number of unbranched alkanes of at least 4 members (excludes halogenated alkanes) is 22. The van der Waals surface area contributed by atoms with Crippen LogP contribution in [0, 0.1) is 23.7 Å². The van der Waals surface area contributed by atoms with E-state index in [2.05, 4.69) is 87.8 Å². The molecule has 64 heavy (non-hydrogen) atoms. The predicted molar refractivity (Wildman–Crippen MR) is 293 cm³/mol. The molecule has 2 aromatic heterocycles. The summed E-state index contributed by atoms with van der Waals surface area (Å²) in [5.41, 5.74) is 1.76. The Morgan fingerprint density at radius 3 is 1.08 bits per heavy atom. The van der Waals surface area contributed by atoms with Gasteiger partial charge in [0.1, 0.15) is 0 Å². The number of fused-ring (bicyclic) bond motifs is 6. The summed E-state index contributed by atoms with van der Waals surface area (Å²) in [6.07, 6.45) is 36.3. The van der Waals surface area contributed by atoms with Crippen LogP contribution in [0.15, 0.2) is 60.7 Å². The van der Waals surface area contributed by atoms with E-state index in [1.807, 2.05) is 46.9 Å². The minimum Gasteiger partial charge on any atom is -0.140 e. The van der Waals surface area contributed by atoms with Gasteiger partial charge >= 0.3 is 0 Å². The highest BCUT2D eigenvalue weighted by Gasteiger charge is 2.12. The van der Waals surface area contributed by atoms with E-state index < -0.39 is 0 Å². The molecule has 344 valence electrons. The first-order chi connectivity index (χ1) is 31.5. The maximum absolute atomic E-state index is 6.66. The van der Waals surface area contributed by atoms with Gasteiger partial charge in [0.2, 0.25) is 0 Å². The molecule has 0 aliphatic heterocycles. The van der Waals surface area contributed by atoms with Crippen molar-refractivity contribution in [2.24, 2.45) is 0 Å². The van der Waals surface area contributed by atoms with Gasteiger partial charge in [-0.3, -0.25) is 0 Å². The molecule has 0 bridgehead atoms. The van der Waals surface area contributed by atoms with Crippen LogP contribution in [-0.2, 0) is 12.8 Å². The van der Waals surface area contributed by atoms with Crippen LogP contribution in [0.25, 0.3) is 41.7 Å². The van der Waals surface area contributed by atoms with Gasteiger partial charge in [0.05, 0.1) is 10.0 Å². The average Bonchev–Trinajstić information content (AvgIpc) is 3.94. The maximum Gasteiger partial charge on any atom is 0.0641 e. The second-order valence-corrected chi connectivity index (χ2v) is 21.1. The van der Waals surface area contributed by atoms with Gasteiger partial charge in [-0.15, -0.1) is 22.7 Å². The molecule has 4 aromatic carbocycles. The molecule has 2 heterocycles. The molecule has 0 saturated carbocycles. The highest BCUT2D eigenvalue weighted by Crippen LogP contribution is 2.40. The highest BCUT2D eigenvalue weighted by atomic mass is 35.5. The Hall–Kier alpha value is -2.98.